The first-order valence-corrected chi connectivity index (χ1v) is 16.0. The van der Waals surface area contributed by atoms with E-state index in [0.717, 1.165) is 38.5 Å². The molecule has 0 bridgehead atoms. The first-order chi connectivity index (χ1) is 18.1. The van der Waals surface area contributed by atoms with Crippen molar-refractivity contribution in [1.82, 2.24) is 4.31 Å². The van der Waals surface area contributed by atoms with E-state index in [1.165, 1.54) is 35.7 Å². The van der Waals surface area contributed by atoms with Crippen molar-refractivity contribution in [2.45, 2.75) is 69.5 Å². The summed E-state index contributed by atoms with van der Waals surface area (Å²) in [4.78, 5) is 0.0736. The predicted molar refractivity (Wildman–Crippen MR) is 147 cm³/mol. The zero-order chi connectivity index (χ0) is 27.8. The van der Waals surface area contributed by atoms with Gasteiger partial charge in [0.05, 0.1) is 25.3 Å². The van der Waals surface area contributed by atoms with Crippen molar-refractivity contribution >= 4 is 30.0 Å². The summed E-state index contributed by atoms with van der Waals surface area (Å²) < 4.78 is 75.5. The topological polar surface area (TPSA) is 65.1 Å². The number of benzene rings is 2. The molecule has 1 saturated carbocycles. The minimum Gasteiger partial charge on any atom is -0.495 e. The van der Waals surface area contributed by atoms with E-state index in [-0.39, 0.29) is 41.3 Å². The van der Waals surface area contributed by atoms with Gasteiger partial charge in [0.25, 0.3) is 8.38 Å². The standard InChI is InChI=1S/C27H37ClF2NO5PS/c1-4-35-37(36-5-2)27(29,30)23-17-16-22(18-24(23)28)20-31(19-21-12-8-6-7-9-13-21)38(32,33)26-15-11-10-14-25(26)34-3/h10-11,14-18,21H,4-9,12-13,19-20H2,1-3H3. The third kappa shape index (κ3) is 7.64. The molecule has 0 aromatic heterocycles. The van der Waals surface area contributed by atoms with Gasteiger partial charge in [0.2, 0.25) is 10.0 Å². The molecule has 0 heterocycles. The van der Waals surface area contributed by atoms with Crippen molar-refractivity contribution < 1.29 is 31.0 Å². The maximum atomic E-state index is 15.3. The summed E-state index contributed by atoms with van der Waals surface area (Å²) in [6.45, 7) is 3.73. The van der Waals surface area contributed by atoms with E-state index in [9.17, 15) is 8.42 Å². The molecule has 0 saturated heterocycles. The average Bonchev–Trinajstić information content (AvgIpc) is 3.16. The van der Waals surface area contributed by atoms with Crippen molar-refractivity contribution in [3.63, 3.8) is 0 Å². The Hall–Kier alpha value is -1.35. The van der Waals surface area contributed by atoms with Crippen molar-refractivity contribution in [3.05, 3.63) is 58.6 Å². The molecule has 2 aromatic rings. The van der Waals surface area contributed by atoms with Gasteiger partial charge in [0.15, 0.2) is 0 Å². The highest BCUT2D eigenvalue weighted by atomic mass is 35.5. The second kappa shape index (κ2) is 14.3. The molecule has 0 amide bonds. The second-order valence-corrected chi connectivity index (χ2v) is 13.2. The zero-order valence-corrected chi connectivity index (χ0v) is 24.6. The fourth-order valence-electron chi connectivity index (χ4n) is 4.69. The van der Waals surface area contributed by atoms with Crippen molar-refractivity contribution in [2.24, 2.45) is 5.92 Å². The molecule has 38 heavy (non-hydrogen) atoms. The molecule has 3 rings (SSSR count). The van der Waals surface area contributed by atoms with Gasteiger partial charge in [0, 0.05) is 18.7 Å². The monoisotopic (exact) mass is 591 g/mol. The third-order valence-corrected chi connectivity index (χ3v) is 10.4. The van der Waals surface area contributed by atoms with E-state index < -0.39 is 29.6 Å². The third-order valence-electron chi connectivity index (χ3n) is 6.56. The van der Waals surface area contributed by atoms with Gasteiger partial charge in [-0.05, 0) is 56.4 Å². The molecule has 0 N–H and O–H groups in total. The number of methoxy groups -OCH3 is 1. The van der Waals surface area contributed by atoms with Gasteiger partial charge in [-0.2, -0.15) is 13.1 Å². The molecule has 0 aliphatic heterocycles. The first-order valence-electron chi connectivity index (χ1n) is 13.0. The first kappa shape index (κ1) is 31.2. The lowest BCUT2D eigenvalue weighted by Crippen LogP contribution is -2.35. The molecule has 6 nitrogen and oxygen atoms in total. The lowest BCUT2D eigenvalue weighted by Gasteiger charge is -2.28. The summed E-state index contributed by atoms with van der Waals surface area (Å²) in [6, 6.07) is 10.7. The summed E-state index contributed by atoms with van der Waals surface area (Å²) in [5, 5.41) is -0.163. The number of hydrogen-bond acceptors (Lipinski definition) is 5. The largest absolute Gasteiger partial charge is 0.495 e. The van der Waals surface area contributed by atoms with Gasteiger partial charge in [-0.15, -0.1) is 0 Å². The summed E-state index contributed by atoms with van der Waals surface area (Å²) >= 11 is 6.37. The van der Waals surface area contributed by atoms with Crippen LogP contribution in [0.5, 0.6) is 5.75 Å². The molecule has 0 unspecified atom stereocenters. The molecule has 212 valence electrons. The number of para-hydroxylation sites is 1. The molecule has 0 atom stereocenters. The molecular formula is C27H37ClF2NO5PS. The van der Waals surface area contributed by atoms with Crippen LogP contribution in [0.2, 0.25) is 5.02 Å². The van der Waals surface area contributed by atoms with Crippen LogP contribution in [0.1, 0.15) is 63.5 Å². The Morgan fingerprint density at radius 1 is 1.03 bits per heavy atom. The number of sulfonamides is 1. The Labute approximate surface area is 231 Å². The Balaban J connectivity index is 1.95. The number of halogens is 3. The van der Waals surface area contributed by atoms with Crippen molar-refractivity contribution in [2.75, 3.05) is 26.9 Å². The van der Waals surface area contributed by atoms with Crippen LogP contribution in [-0.4, -0.2) is 39.6 Å². The molecule has 1 fully saturated rings. The van der Waals surface area contributed by atoms with Crippen LogP contribution in [0.15, 0.2) is 47.4 Å². The molecule has 0 radical (unpaired) electrons. The van der Waals surface area contributed by atoms with Crippen LogP contribution in [0.3, 0.4) is 0 Å². The van der Waals surface area contributed by atoms with E-state index in [1.807, 2.05) is 0 Å². The smallest absolute Gasteiger partial charge is 0.341 e. The molecule has 1 aliphatic carbocycles. The van der Waals surface area contributed by atoms with E-state index in [4.69, 9.17) is 25.4 Å². The van der Waals surface area contributed by atoms with Gasteiger partial charge in [-0.1, -0.05) is 61.5 Å². The predicted octanol–water partition coefficient (Wildman–Crippen LogP) is 7.94. The van der Waals surface area contributed by atoms with Gasteiger partial charge < -0.3 is 13.8 Å². The van der Waals surface area contributed by atoms with Crippen LogP contribution >= 0.6 is 20.0 Å². The van der Waals surface area contributed by atoms with Crippen LogP contribution in [0.25, 0.3) is 0 Å². The summed E-state index contributed by atoms with van der Waals surface area (Å²) in [6.07, 6.45) is 6.31. The quantitative estimate of drug-likeness (QED) is 0.175. The molecule has 2 aromatic carbocycles. The molecule has 11 heteroatoms. The number of hydrogen-bond donors (Lipinski definition) is 0. The lowest BCUT2D eigenvalue weighted by molar-refractivity contribution is 0.0571. The van der Waals surface area contributed by atoms with E-state index in [2.05, 4.69) is 0 Å². The highest BCUT2D eigenvalue weighted by Gasteiger charge is 2.46. The van der Waals surface area contributed by atoms with E-state index in [0.29, 0.717) is 12.1 Å². The highest BCUT2D eigenvalue weighted by Crippen LogP contribution is 2.61. The van der Waals surface area contributed by atoms with Gasteiger partial charge in [0.1, 0.15) is 10.6 Å². The SMILES string of the molecule is CCOP(OCC)C(F)(F)c1ccc(CN(CC2CCCCCC2)S(=O)(=O)c2ccccc2OC)cc1Cl. The average molecular weight is 592 g/mol. The Bertz CT molecular complexity index is 1140. The maximum Gasteiger partial charge on any atom is 0.341 e. The van der Waals surface area contributed by atoms with E-state index in [1.54, 1.807) is 32.0 Å². The van der Waals surface area contributed by atoms with Crippen LogP contribution in [0, 0.1) is 5.92 Å². The number of alkyl halides is 2. The van der Waals surface area contributed by atoms with Crippen LogP contribution < -0.4 is 4.74 Å². The Kier molecular flexibility index (Phi) is 11.8. The Morgan fingerprint density at radius 3 is 2.24 bits per heavy atom. The van der Waals surface area contributed by atoms with Crippen LogP contribution in [0.4, 0.5) is 8.78 Å². The molecule has 1 aliphatic rings. The number of nitrogens with zero attached hydrogens (tertiary/aromatic N) is 1. The highest BCUT2D eigenvalue weighted by molar-refractivity contribution is 7.89. The summed E-state index contributed by atoms with van der Waals surface area (Å²) in [5.74, 6) is 0.466. The van der Waals surface area contributed by atoms with Crippen LogP contribution in [-0.2, 0) is 31.3 Å². The van der Waals surface area contributed by atoms with Gasteiger partial charge in [-0.3, -0.25) is 0 Å². The van der Waals surface area contributed by atoms with Crippen molar-refractivity contribution in [1.29, 1.82) is 0 Å². The minimum atomic E-state index is -3.95. The Morgan fingerprint density at radius 2 is 1.66 bits per heavy atom. The van der Waals surface area contributed by atoms with Gasteiger partial charge >= 0.3 is 5.66 Å². The van der Waals surface area contributed by atoms with E-state index >= 15 is 8.78 Å². The zero-order valence-electron chi connectivity index (χ0n) is 22.2. The fraction of sp³-hybridized carbons (Fsp3) is 0.556. The maximum absolute atomic E-state index is 15.3. The summed E-state index contributed by atoms with van der Waals surface area (Å²) in [5.41, 5.74) is -3.32. The normalized spacial score (nSPS) is 15.7. The number of rotatable bonds is 13. The fourth-order valence-corrected chi connectivity index (χ4v) is 8.00. The second-order valence-electron chi connectivity index (χ2n) is 9.25. The molecular weight excluding hydrogens is 555 g/mol. The van der Waals surface area contributed by atoms with Crippen molar-refractivity contribution in [3.8, 4) is 5.75 Å². The number of ether oxygens (including phenoxy) is 1. The molecule has 0 spiro atoms. The summed E-state index contributed by atoms with van der Waals surface area (Å²) in [7, 11) is -5.05. The lowest BCUT2D eigenvalue weighted by atomic mass is 10.0. The van der Waals surface area contributed by atoms with Gasteiger partial charge in [-0.25, -0.2) is 8.42 Å². The minimum absolute atomic E-state index is 0.00582.